The summed E-state index contributed by atoms with van der Waals surface area (Å²) in [6.45, 7) is 3.95. The van der Waals surface area contributed by atoms with E-state index in [1.54, 1.807) is 24.1 Å². The molecule has 0 aliphatic carbocycles. The van der Waals surface area contributed by atoms with Crippen molar-refractivity contribution in [2.24, 2.45) is 5.73 Å². The van der Waals surface area contributed by atoms with E-state index < -0.39 is 0 Å². The van der Waals surface area contributed by atoms with Gasteiger partial charge in [0.15, 0.2) is 5.76 Å². The van der Waals surface area contributed by atoms with Gasteiger partial charge in [-0.1, -0.05) is 0 Å². The number of carbonyl (C=O) groups is 1. The van der Waals surface area contributed by atoms with Crippen LogP contribution in [-0.4, -0.2) is 37.6 Å². The molecule has 5 heteroatoms. The average molecular weight is 226 g/mol. The Morgan fingerprint density at radius 2 is 2.31 bits per heavy atom. The van der Waals surface area contributed by atoms with Gasteiger partial charge in [-0.25, -0.2) is 0 Å². The normalized spacial score (nSPS) is 10.4. The Morgan fingerprint density at radius 1 is 1.56 bits per heavy atom. The Hall–Kier alpha value is -1.33. The van der Waals surface area contributed by atoms with E-state index in [-0.39, 0.29) is 5.91 Å². The Labute approximate surface area is 95.2 Å². The molecule has 0 bridgehead atoms. The topological polar surface area (TPSA) is 68.7 Å². The zero-order valence-corrected chi connectivity index (χ0v) is 9.73. The van der Waals surface area contributed by atoms with Gasteiger partial charge in [0.1, 0.15) is 5.76 Å². The first kappa shape index (κ1) is 12.7. The van der Waals surface area contributed by atoms with Crippen LogP contribution in [0.3, 0.4) is 0 Å². The van der Waals surface area contributed by atoms with Crippen LogP contribution in [0.25, 0.3) is 0 Å². The number of likely N-dealkylation sites (N-methyl/N-ethyl adjacent to an activating group) is 1. The highest BCUT2D eigenvalue weighted by Gasteiger charge is 2.15. The predicted molar refractivity (Wildman–Crippen MR) is 60.1 cm³/mol. The molecule has 0 radical (unpaired) electrons. The highest BCUT2D eigenvalue weighted by molar-refractivity contribution is 5.91. The second-order valence-electron chi connectivity index (χ2n) is 3.39. The van der Waals surface area contributed by atoms with E-state index in [1.807, 2.05) is 6.92 Å². The lowest BCUT2D eigenvalue weighted by Gasteiger charge is -2.15. The van der Waals surface area contributed by atoms with Crippen LogP contribution in [-0.2, 0) is 11.3 Å². The second-order valence-corrected chi connectivity index (χ2v) is 3.39. The molecule has 0 spiro atoms. The maximum absolute atomic E-state index is 11.8. The summed E-state index contributed by atoms with van der Waals surface area (Å²) in [7, 11) is 1.71. The molecule has 90 valence electrons. The van der Waals surface area contributed by atoms with Crippen molar-refractivity contribution in [2.45, 2.75) is 13.5 Å². The lowest BCUT2D eigenvalue weighted by atomic mass is 10.4. The SMILES string of the molecule is CCOCCN(C)C(=O)c1ccc(CN)o1. The van der Waals surface area contributed by atoms with Gasteiger partial charge in [-0.2, -0.15) is 0 Å². The van der Waals surface area contributed by atoms with Crippen molar-refractivity contribution in [3.05, 3.63) is 23.7 Å². The van der Waals surface area contributed by atoms with Crippen LogP contribution in [0.1, 0.15) is 23.2 Å². The second kappa shape index (κ2) is 6.30. The van der Waals surface area contributed by atoms with Gasteiger partial charge in [0, 0.05) is 20.2 Å². The van der Waals surface area contributed by atoms with Crippen molar-refractivity contribution in [1.82, 2.24) is 4.90 Å². The molecule has 0 aromatic carbocycles. The molecule has 2 N–H and O–H groups in total. The van der Waals surface area contributed by atoms with Gasteiger partial charge >= 0.3 is 0 Å². The first-order valence-corrected chi connectivity index (χ1v) is 5.31. The van der Waals surface area contributed by atoms with Crippen LogP contribution in [0.4, 0.5) is 0 Å². The maximum atomic E-state index is 11.8. The van der Waals surface area contributed by atoms with Gasteiger partial charge < -0.3 is 19.8 Å². The minimum absolute atomic E-state index is 0.153. The third-order valence-electron chi connectivity index (χ3n) is 2.20. The smallest absolute Gasteiger partial charge is 0.289 e. The fourth-order valence-corrected chi connectivity index (χ4v) is 1.24. The molecule has 0 unspecified atom stereocenters. The number of hydrogen-bond acceptors (Lipinski definition) is 4. The Morgan fingerprint density at radius 3 is 2.88 bits per heavy atom. The molecular weight excluding hydrogens is 208 g/mol. The van der Waals surface area contributed by atoms with Crippen molar-refractivity contribution in [3.8, 4) is 0 Å². The van der Waals surface area contributed by atoms with Gasteiger partial charge in [0.05, 0.1) is 13.2 Å². The average Bonchev–Trinajstić information content (AvgIpc) is 2.76. The molecule has 1 aromatic rings. The summed E-state index contributed by atoms with van der Waals surface area (Å²) in [5, 5.41) is 0. The van der Waals surface area contributed by atoms with Gasteiger partial charge in [0.2, 0.25) is 0 Å². The first-order chi connectivity index (χ1) is 7.69. The molecular formula is C11H18N2O3. The van der Waals surface area contributed by atoms with E-state index in [9.17, 15) is 4.79 Å². The minimum Gasteiger partial charge on any atom is -0.455 e. The van der Waals surface area contributed by atoms with Crippen molar-refractivity contribution < 1.29 is 13.9 Å². The summed E-state index contributed by atoms with van der Waals surface area (Å²) in [6.07, 6.45) is 0. The molecule has 0 aliphatic rings. The van der Waals surface area contributed by atoms with Gasteiger partial charge in [-0.05, 0) is 19.1 Å². The van der Waals surface area contributed by atoms with E-state index in [0.717, 1.165) is 0 Å². The van der Waals surface area contributed by atoms with E-state index in [2.05, 4.69) is 0 Å². The largest absolute Gasteiger partial charge is 0.455 e. The molecule has 0 saturated heterocycles. The minimum atomic E-state index is -0.153. The van der Waals surface area contributed by atoms with Crippen LogP contribution in [0.15, 0.2) is 16.5 Å². The molecule has 0 fully saturated rings. The Balaban J connectivity index is 2.49. The number of rotatable bonds is 6. The lowest BCUT2D eigenvalue weighted by Crippen LogP contribution is -2.29. The molecule has 0 aliphatic heterocycles. The van der Waals surface area contributed by atoms with E-state index in [1.165, 1.54) is 0 Å². The third-order valence-corrected chi connectivity index (χ3v) is 2.20. The molecule has 0 saturated carbocycles. The number of nitrogens with two attached hydrogens (primary N) is 1. The fourth-order valence-electron chi connectivity index (χ4n) is 1.24. The zero-order chi connectivity index (χ0) is 12.0. The highest BCUT2D eigenvalue weighted by atomic mass is 16.5. The molecule has 0 atom stereocenters. The first-order valence-electron chi connectivity index (χ1n) is 5.31. The van der Waals surface area contributed by atoms with Crippen molar-refractivity contribution in [1.29, 1.82) is 0 Å². The summed E-state index contributed by atoms with van der Waals surface area (Å²) in [5.41, 5.74) is 5.40. The monoisotopic (exact) mass is 226 g/mol. The van der Waals surface area contributed by atoms with Gasteiger partial charge in [-0.15, -0.1) is 0 Å². The van der Waals surface area contributed by atoms with Crippen molar-refractivity contribution in [2.75, 3.05) is 26.8 Å². The summed E-state index contributed by atoms with van der Waals surface area (Å²) in [4.78, 5) is 13.4. The Kier molecular flexibility index (Phi) is 5.01. The molecule has 16 heavy (non-hydrogen) atoms. The van der Waals surface area contributed by atoms with Crippen molar-refractivity contribution in [3.63, 3.8) is 0 Å². The number of carbonyl (C=O) groups excluding carboxylic acids is 1. The fraction of sp³-hybridized carbons (Fsp3) is 0.545. The quantitative estimate of drug-likeness (QED) is 0.730. The van der Waals surface area contributed by atoms with Crippen LogP contribution < -0.4 is 5.73 Å². The van der Waals surface area contributed by atoms with Gasteiger partial charge in [-0.3, -0.25) is 4.79 Å². The van der Waals surface area contributed by atoms with Crippen LogP contribution >= 0.6 is 0 Å². The summed E-state index contributed by atoms with van der Waals surface area (Å²) >= 11 is 0. The Bertz CT molecular complexity index is 336. The number of hydrogen-bond donors (Lipinski definition) is 1. The van der Waals surface area contributed by atoms with Crippen LogP contribution in [0.2, 0.25) is 0 Å². The number of nitrogens with zero attached hydrogens (tertiary/aromatic N) is 1. The third kappa shape index (κ3) is 3.36. The van der Waals surface area contributed by atoms with E-state index in [4.69, 9.17) is 14.9 Å². The lowest BCUT2D eigenvalue weighted by molar-refractivity contribution is 0.0679. The standard InChI is InChI=1S/C11H18N2O3/c1-3-15-7-6-13(2)11(14)10-5-4-9(8-12)16-10/h4-5H,3,6-8,12H2,1-2H3. The predicted octanol–water partition coefficient (Wildman–Crippen LogP) is 0.847. The highest BCUT2D eigenvalue weighted by Crippen LogP contribution is 2.09. The maximum Gasteiger partial charge on any atom is 0.289 e. The zero-order valence-electron chi connectivity index (χ0n) is 9.73. The summed E-state index contributed by atoms with van der Waals surface area (Å²) < 4.78 is 10.4. The molecule has 1 amide bonds. The number of amides is 1. The molecule has 1 rings (SSSR count). The summed E-state index contributed by atoms with van der Waals surface area (Å²) in [6, 6.07) is 3.35. The van der Waals surface area contributed by atoms with Crippen LogP contribution in [0, 0.1) is 0 Å². The van der Waals surface area contributed by atoms with E-state index >= 15 is 0 Å². The summed E-state index contributed by atoms with van der Waals surface area (Å²) in [5.74, 6) is 0.778. The molecule has 5 nitrogen and oxygen atoms in total. The van der Waals surface area contributed by atoms with Gasteiger partial charge in [0.25, 0.3) is 5.91 Å². The molecule has 1 heterocycles. The van der Waals surface area contributed by atoms with Crippen LogP contribution in [0.5, 0.6) is 0 Å². The van der Waals surface area contributed by atoms with E-state index in [0.29, 0.717) is 37.8 Å². The van der Waals surface area contributed by atoms with Crippen molar-refractivity contribution >= 4 is 5.91 Å². The molecule has 1 aromatic heterocycles. The number of ether oxygens (including phenoxy) is 1. The number of furan rings is 1.